The Hall–Kier alpha value is -4.26. The van der Waals surface area contributed by atoms with Gasteiger partial charge in [0.25, 0.3) is 0 Å². The number of fused-ring (bicyclic) bond motifs is 2. The second kappa shape index (κ2) is 8.51. The predicted octanol–water partition coefficient (Wildman–Crippen LogP) is 5.06. The maximum Gasteiger partial charge on any atom is 0.356 e. The molecule has 2 aromatic carbocycles. The van der Waals surface area contributed by atoms with E-state index in [0.717, 1.165) is 49.8 Å². The van der Waals surface area contributed by atoms with E-state index < -0.39 is 5.97 Å². The summed E-state index contributed by atoms with van der Waals surface area (Å²) in [5.74, 6) is -0.216. The molecule has 0 atom stereocenters. The van der Waals surface area contributed by atoms with Crippen molar-refractivity contribution in [1.29, 1.82) is 0 Å². The molecular formula is C28H26N4O3. The number of aryl methyl sites for hydroxylation is 2. The molecule has 0 fully saturated rings. The molecule has 5 aromatic rings. The maximum atomic E-state index is 12.7. The van der Waals surface area contributed by atoms with E-state index >= 15 is 0 Å². The predicted molar refractivity (Wildman–Crippen MR) is 138 cm³/mol. The van der Waals surface area contributed by atoms with Gasteiger partial charge in [0.2, 0.25) is 0 Å². The van der Waals surface area contributed by atoms with Gasteiger partial charge in [0, 0.05) is 37.4 Å². The van der Waals surface area contributed by atoms with Gasteiger partial charge in [0.1, 0.15) is 5.69 Å². The minimum atomic E-state index is -0.471. The molecule has 0 bridgehead atoms. The van der Waals surface area contributed by atoms with E-state index in [0.29, 0.717) is 0 Å². The van der Waals surface area contributed by atoms with Crippen molar-refractivity contribution in [2.75, 3.05) is 7.11 Å². The molecule has 0 aliphatic carbocycles. The van der Waals surface area contributed by atoms with E-state index in [2.05, 4.69) is 43.1 Å². The molecule has 0 saturated heterocycles. The van der Waals surface area contributed by atoms with Gasteiger partial charge in [0.15, 0.2) is 0 Å². The minimum absolute atomic E-state index is 0.0323. The lowest BCUT2D eigenvalue weighted by atomic mass is 9.93. The summed E-state index contributed by atoms with van der Waals surface area (Å²) in [4.78, 5) is 33.2. The molecule has 3 heterocycles. The van der Waals surface area contributed by atoms with Crippen LogP contribution in [-0.2, 0) is 18.8 Å². The molecule has 3 aromatic heterocycles. The molecule has 0 spiro atoms. The number of carbonyl (C=O) groups excluding carboxylic acids is 1. The highest BCUT2D eigenvalue weighted by Gasteiger charge is 2.17. The Morgan fingerprint density at radius 3 is 2.43 bits per heavy atom. The molecular weight excluding hydrogens is 440 g/mol. The number of hydrogen-bond acceptors (Lipinski definition) is 5. The number of pyridine rings is 2. The van der Waals surface area contributed by atoms with Crippen molar-refractivity contribution in [2.24, 2.45) is 14.1 Å². The smallest absolute Gasteiger partial charge is 0.356 e. The van der Waals surface area contributed by atoms with Crippen LogP contribution in [0, 0.1) is 0 Å². The topological polar surface area (TPSA) is 79.0 Å². The number of carbonyl (C=O) groups is 1. The minimum Gasteiger partial charge on any atom is -0.464 e. The highest BCUT2D eigenvalue weighted by molar-refractivity contribution is 5.99. The zero-order valence-electron chi connectivity index (χ0n) is 20.4. The van der Waals surface area contributed by atoms with Crippen molar-refractivity contribution in [2.45, 2.75) is 19.8 Å². The molecule has 0 N–H and O–H groups in total. The highest BCUT2D eigenvalue weighted by atomic mass is 16.5. The molecule has 0 aliphatic rings. The van der Waals surface area contributed by atoms with Gasteiger partial charge in [0.05, 0.1) is 23.8 Å². The number of hydrogen-bond donors (Lipinski definition) is 0. The van der Waals surface area contributed by atoms with Gasteiger partial charge in [-0.2, -0.15) is 0 Å². The number of aromatic nitrogens is 4. The molecule has 7 nitrogen and oxygen atoms in total. The zero-order chi connectivity index (χ0) is 24.9. The van der Waals surface area contributed by atoms with E-state index in [1.807, 2.05) is 38.5 Å². The summed E-state index contributed by atoms with van der Waals surface area (Å²) >= 11 is 0. The Morgan fingerprint density at radius 2 is 1.74 bits per heavy atom. The highest BCUT2D eigenvalue weighted by Crippen LogP contribution is 2.35. The first kappa shape index (κ1) is 22.5. The van der Waals surface area contributed by atoms with Crippen LogP contribution in [0.3, 0.4) is 0 Å². The van der Waals surface area contributed by atoms with Crippen LogP contribution < -0.4 is 5.69 Å². The third-order valence-corrected chi connectivity index (χ3v) is 6.54. The van der Waals surface area contributed by atoms with Gasteiger partial charge in [-0.3, -0.25) is 14.1 Å². The van der Waals surface area contributed by atoms with Gasteiger partial charge >= 0.3 is 11.7 Å². The van der Waals surface area contributed by atoms with Crippen molar-refractivity contribution < 1.29 is 9.53 Å². The molecule has 35 heavy (non-hydrogen) atoms. The largest absolute Gasteiger partial charge is 0.464 e. The summed E-state index contributed by atoms with van der Waals surface area (Å²) in [7, 11) is 4.97. The van der Waals surface area contributed by atoms with Gasteiger partial charge in [-0.1, -0.05) is 32.0 Å². The molecule has 7 heteroatoms. The normalized spacial score (nSPS) is 11.5. The number of ether oxygens (including phenoxy) is 1. The summed E-state index contributed by atoms with van der Waals surface area (Å²) in [6.45, 7) is 4.29. The second-order valence-corrected chi connectivity index (χ2v) is 9.01. The van der Waals surface area contributed by atoms with Crippen LogP contribution in [0.5, 0.6) is 0 Å². The first-order valence-corrected chi connectivity index (χ1v) is 11.4. The molecule has 5 rings (SSSR count). The van der Waals surface area contributed by atoms with E-state index in [9.17, 15) is 9.59 Å². The van der Waals surface area contributed by atoms with E-state index in [4.69, 9.17) is 9.72 Å². The van der Waals surface area contributed by atoms with Gasteiger partial charge in [-0.15, -0.1) is 0 Å². The maximum absolute atomic E-state index is 12.7. The molecule has 0 unspecified atom stereocenters. The number of rotatable bonds is 4. The van der Waals surface area contributed by atoms with Crippen molar-refractivity contribution in [3.63, 3.8) is 0 Å². The monoisotopic (exact) mass is 466 g/mol. The summed E-state index contributed by atoms with van der Waals surface area (Å²) in [5, 5.41) is 2.06. The lowest BCUT2D eigenvalue weighted by Crippen LogP contribution is -2.19. The Bertz CT molecular complexity index is 1660. The van der Waals surface area contributed by atoms with Crippen molar-refractivity contribution in [1.82, 2.24) is 19.1 Å². The van der Waals surface area contributed by atoms with Crippen molar-refractivity contribution >= 4 is 27.8 Å². The third kappa shape index (κ3) is 3.69. The average molecular weight is 467 g/mol. The number of methoxy groups -OCH3 is 1. The summed E-state index contributed by atoms with van der Waals surface area (Å²) < 4.78 is 8.16. The van der Waals surface area contributed by atoms with Crippen LogP contribution in [0.15, 0.2) is 65.7 Å². The SMILES string of the molecule is COC(=O)c1ccc(-c2cc3cccc(-c4cc(C(C)C)c5c(c4)n(C)c(=O)n5C)c3cn2)cn1. The quantitative estimate of drug-likeness (QED) is 0.346. The van der Waals surface area contributed by atoms with Crippen LogP contribution in [0.2, 0.25) is 0 Å². The van der Waals surface area contributed by atoms with Gasteiger partial charge in [-0.05, 0) is 58.3 Å². The van der Waals surface area contributed by atoms with Crippen LogP contribution in [0.4, 0.5) is 0 Å². The number of imidazole rings is 1. The lowest BCUT2D eigenvalue weighted by Gasteiger charge is -2.14. The summed E-state index contributed by atoms with van der Waals surface area (Å²) in [5.41, 5.74) is 6.93. The summed E-state index contributed by atoms with van der Waals surface area (Å²) in [6.07, 6.45) is 3.50. The number of nitrogens with zero attached hydrogens (tertiary/aromatic N) is 4. The number of benzene rings is 2. The van der Waals surface area contributed by atoms with E-state index in [1.54, 1.807) is 21.4 Å². The van der Waals surface area contributed by atoms with Crippen LogP contribution in [-0.4, -0.2) is 32.2 Å². The van der Waals surface area contributed by atoms with Gasteiger partial charge in [-0.25, -0.2) is 14.6 Å². The van der Waals surface area contributed by atoms with E-state index in [1.165, 1.54) is 7.11 Å². The number of esters is 1. The Labute approximate surface area is 202 Å². The van der Waals surface area contributed by atoms with Crippen LogP contribution in [0.25, 0.3) is 44.2 Å². The molecule has 0 amide bonds. The molecule has 0 saturated carbocycles. The fourth-order valence-electron chi connectivity index (χ4n) is 4.63. The van der Waals surface area contributed by atoms with Crippen LogP contribution in [0.1, 0.15) is 35.8 Å². The summed E-state index contributed by atoms with van der Waals surface area (Å²) in [6, 6.07) is 15.9. The second-order valence-electron chi connectivity index (χ2n) is 9.01. The fourth-order valence-corrected chi connectivity index (χ4v) is 4.63. The third-order valence-electron chi connectivity index (χ3n) is 6.54. The molecule has 0 aliphatic heterocycles. The molecule has 0 radical (unpaired) electrons. The standard InChI is InChI=1S/C28H26N4O3/c1-16(2)21-11-19(13-25-26(21)32(4)28(34)31(25)3)20-8-6-7-17-12-24(30-15-22(17)20)18-9-10-23(29-14-18)27(33)35-5/h6-16H,1-5H3. The lowest BCUT2D eigenvalue weighted by molar-refractivity contribution is 0.0594. The first-order valence-electron chi connectivity index (χ1n) is 11.4. The van der Waals surface area contributed by atoms with E-state index in [-0.39, 0.29) is 17.3 Å². The Kier molecular flexibility index (Phi) is 5.47. The average Bonchev–Trinajstić information content (AvgIpc) is 3.10. The van der Waals surface area contributed by atoms with Crippen LogP contribution >= 0.6 is 0 Å². The molecule has 176 valence electrons. The zero-order valence-corrected chi connectivity index (χ0v) is 20.4. The fraction of sp³-hybridized carbons (Fsp3) is 0.214. The van der Waals surface area contributed by atoms with Crippen molar-refractivity contribution in [3.8, 4) is 22.4 Å². The first-order chi connectivity index (χ1) is 16.8. The Morgan fingerprint density at radius 1 is 0.943 bits per heavy atom. The van der Waals surface area contributed by atoms with Crippen molar-refractivity contribution in [3.05, 3.63) is 82.7 Å². The van der Waals surface area contributed by atoms with Gasteiger partial charge < -0.3 is 4.74 Å². The Balaban J connectivity index is 1.65.